The lowest BCUT2D eigenvalue weighted by molar-refractivity contribution is 0.242. The standard InChI is InChI=1S/C14H24N2O2S/c1-10(2)18-14-8-12(15)7-13(9-14)16-6-5-11(3)19(4)17/h7-11,16H,5-6,15H2,1-4H3. The summed E-state index contributed by atoms with van der Waals surface area (Å²) < 4.78 is 16.9. The lowest BCUT2D eigenvalue weighted by Crippen LogP contribution is -2.15. The minimum Gasteiger partial charge on any atom is -0.491 e. The molecule has 2 atom stereocenters. The minimum absolute atomic E-state index is 0.122. The number of anilines is 2. The number of hydrogen-bond acceptors (Lipinski definition) is 4. The summed E-state index contributed by atoms with van der Waals surface area (Å²) in [6.07, 6.45) is 2.72. The molecule has 1 aromatic carbocycles. The molecule has 1 rings (SSSR count). The summed E-state index contributed by atoms with van der Waals surface area (Å²) in [4.78, 5) is 0. The average Bonchev–Trinajstić information content (AvgIpc) is 2.26. The molecule has 0 heterocycles. The first-order valence-electron chi connectivity index (χ1n) is 6.52. The van der Waals surface area contributed by atoms with Crippen molar-refractivity contribution >= 4 is 22.2 Å². The number of nitrogen functional groups attached to an aromatic ring is 1. The third-order valence-electron chi connectivity index (χ3n) is 2.75. The molecule has 0 spiro atoms. The maximum atomic E-state index is 11.3. The molecule has 1 aromatic rings. The van der Waals surface area contributed by atoms with Crippen LogP contribution in [0.3, 0.4) is 0 Å². The van der Waals surface area contributed by atoms with Gasteiger partial charge in [-0.25, -0.2) is 0 Å². The van der Waals surface area contributed by atoms with Crippen LogP contribution in [0.1, 0.15) is 27.2 Å². The van der Waals surface area contributed by atoms with Crippen LogP contribution in [-0.4, -0.2) is 28.4 Å². The van der Waals surface area contributed by atoms with Gasteiger partial charge in [-0.1, -0.05) is 6.92 Å². The van der Waals surface area contributed by atoms with E-state index in [9.17, 15) is 4.21 Å². The summed E-state index contributed by atoms with van der Waals surface area (Å²) >= 11 is 0. The molecule has 19 heavy (non-hydrogen) atoms. The summed E-state index contributed by atoms with van der Waals surface area (Å²) in [5.74, 6) is 0.768. The first kappa shape index (κ1) is 15.8. The normalized spacial score (nSPS) is 14.2. The van der Waals surface area contributed by atoms with Crippen LogP contribution in [0.5, 0.6) is 5.75 Å². The zero-order valence-corrected chi connectivity index (χ0v) is 12.9. The van der Waals surface area contributed by atoms with Crippen molar-refractivity contribution in [1.82, 2.24) is 0 Å². The van der Waals surface area contributed by atoms with Crippen molar-refractivity contribution in [3.8, 4) is 5.75 Å². The van der Waals surface area contributed by atoms with Gasteiger partial charge < -0.3 is 15.8 Å². The summed E-state index contributed by atoms with van der Waals surface area (Å²) in [5.41, 5.74) is 7.46. The molecule has 0 aromatic heterocycles. The highest BCUT2D eigenvalue weighted by Gasteiger charge is 2.06. The van der Waals surface area contributed by atoms with Gasteiger partial charge in [0, 0.05) is 52.4 Å². The molecular weight excluding hydrogens is 260 g/mol. The van der Waals surface area contributed by atoms with Gasteiger partial charge in [0.05, 0.1) is 6.10 Å². The summed E-state index contributed by atoms with van der Waals surface area (Å²) in [6, 6.07) is 5.62. The largest absolute Gasteiger partial charge is 0.491 e. The Hall–Kier alpha value is -1.23. The van der Waals surface area contributed by atoms with Crippen LogP contribution >= 0.6 is 0 Å². The summed E-state index contributed by atoms with van der Waals surface area (Å²) in [5, 5.41) is 3.48. The predicted molar refractivity (Wildman–Crippen MR) is 83.3 cm³/mol. The van der Waals surface area contributed by atoms with Crippen LogP contribution < -0.4 is 15.8 Å². The fourth-order valence-corrected chi connectivity index (χ4v) is 2.10. The molecule has 2 unspecified atom stereocenters. The monoisotopic (exact) mass is 284 g/mol. The van der Waals surface area contributed by atoms with Crippen molar-refractivity contribution in [2.45, 2.75) is 38.5 Å². The lowest BCUT2D eigenvalue weighted by atomic mass is 10.2. The summed E-state index contributed by atoms with van der Waals surface area (Å²) in [6.45, 7) is 6.72. The van der Waals surface area contributed by atoms with Crippen LogP contribution in [0.15, 0.2) is 18.2 Å². The van der Waals surface area contributed by atoms with E-state index in [1.165, 1.54) is 0 Å². The fraction of sp³-hybridized carbons (Fsp3) is 0.571. The van der Waals surface area contributed by atoms with Gasteiger partial charge in [0.1, 0.15) is 5.75 Å². The maximum Gasteiger partial charge on any atom is 0.123 e. The van der Waals surface area contributed by atoms with Crippen molar-refractivity contribution in [3.05, 3.63) is 18.2 Å². The van der Waals surface area contributed by atoms with Gasteiger partial charge in [0.2, 0.25) is 0 Å². The van der Waals surface area contributed by atoms with E-state index in [1.54, 1.807) is 6.26 Å². The van der Waals surface area contributed by atoms with Crippen LogP contribution in [0.2, 0.25) is 0 Å². The fourth-order valence-electron chi connectivity index (χ4n) is 1.65. The first-order chi connectivity index (χ1) is 8.88. The third-order valence-corrected chi connectivity index (χ3v) is 4.12. The molecule has 0 radical (unpaired) electrons. The Balaban J connectivity index is 2.58. The Kier molecular flexibility index (Phi) is 6.15. The van der Waals surface area contributed by atoms with E-state index in [4.69, 9.17) is 10.5 Å². The van der Waals surface area contributed by atoms with Crippen LogP contribution in [0, 0.1) is 0 Å². The second-order valence-electron chi connectivity index (χ2n) is 4.98. The predicted octanol–water partition coefficient (Wildman–Crippen LogP) is 2.63. The molecule has 5 heteroatoms. The van der Waals surface area contributed by atoms with Crippen LogP contribution in [0.25, 0.3) is 0 Å². The Labute approximate surface area is 118 Å². The van der Waals surface area contributed by atoms with Crippen molar-refractivity contribution in [2.75, 3.05) is 23.9 Å². The molecule has 0 aliphatic carbocycles. The highest BCUT2D eigenvalue weighted by atomic mass is 32.2. The SMILES string of the molecule is CC(C)Oc1cc(N)cc(NCCC(C)S(C)=O)c1. The van der Waals surface area contributed by atoms with E-state index in [0.29, 0.717) is 5.69 Å². The Morgan fingerprint density at radius 3 is 2.58 bits per heavy atom. The van der Waals surface area contributed by atoms with Crippen molar-refractivity contribution in [1.29, 1.82) is 0 Å². The topological polar surface area (TPSA) is 64.3 Å². The number of rotatable bonds is 7. The van der Waals surface area contributed by atoms with E-state index >= 15 is 0 Å². The van der Waals surface area contributed by atoms with Crippen LogP contribution in [0.4, 0.5) is 11.4 Å². The Morgan fingerprint density at radius 1 is 1.32 bits per heavy atom. The molecule has 0 saturated carbocycles. The molecule has 0 bridgehead atoms. The molecule has 4 nitrogen and oxygen atoms in total. The van der Waals surface area contributed by atoms with Gasteiger partial charge in [0.15, 0.2) is 0 Å². The second-order valence-corrected chi connectivity index (χ2v) is 6.78. The third kappa shape index (κ3) is 5.96. The molecule has 0 fully saturated rings. The number of hydrogen-bond donors (Lipinski definition) is 2. The van der Waals surface area contributed by atoms with Crippen molar-refractivity contribution in [2.24, 2.45) is 0 Å². The van der Waals surface area contributed by atoms with Crippen molar-refractivity contribution in [3.63, 3.8) is 0 Å². The lowest BCUT2D eigenvalue weighted by Gasteiger charge is -2.14. The van der Waals surface area contributed by atoms with Crippen LogP contribution in [-0.2, 0) is 10.8 Å². The molecule has 0 amide bonds. The van der Waals surface area contributed by atoms with Gasteiger partial charge in [-0.15, -0.1) is 0 Å². The molecule has 0 aliphatic heterocycles. The van der Waals surface area contributed by atoms with E-state index < -0.39 is 10.8 Å². The zero-order chi connectivity index (χ0) is 14.4. The van der Waals surface area contributed by atoms with Gasteiger partial charge in [-0.2, -0.15) is 0 Å². The zero-order valence-electron chi connectivity index (χ0n) is 12.1. The second kappa shape index (κ2) is 7.38. The van der Waals surface area contributed by atoms with E-state index in [1.807, 2.05) is 39.0 Å². The number of nitrogens with two attached hydrogens (primary N) is 1. The average molecular weight is 284 g/mol. The Bertz CT molecular complexity index is 435. The highest BCUT2D eigenvalue weighted by Crippen LogP contribution is 2.23. The molecule has 0 aliphatic rings. The summed E-state index contributed by atoms with van der Waals surface area (Å²) in [7, 11) is -0.774. The van der Waals surface area contributed by atoms with Crippen molar-refractivity contribution < 1.29 is 8.95 Å². The number of ether oxygens (including phenoxy) is 1. The van der Waals surface area contributed by atoms with E-state index in [0.717, 1.165) is 24.4 Å². The number of benzene rings is 1. The Morgan fingerprint density at radius 2 is 2.00 bits per heavy atom. The molecule has 108 valence electrons. The molecule has 0 saturated heterocycles. The van der Waals surface area contributed by atoms with Gasteiger partial charge >= 0.3 is 0 Å². The highest BCUT2D eigenvalue weighted by molar-refractivity contribution is 7.84. The van der Waals surface area contributed by atoms with E-state index in [2.05, 4.69) is 5.32 Å². The smallest absolute Gasteiger partial charge is 0.123 e. The molecule has 3 N–H and O–H groups in total. The van der Waals surface area contributed by atoms with Gasteiger partial charge in [0.25, 0.3) is 0 Å². The maximum absolute atomic E-state index is 11.3. The number of nitrogens with one attached hydrogen (secondary N) is 1. The van der Waals surface area contributed by atoms with Gasteiger partial charge in [-0.3, -0.25) is 4.21 Å². The quantitative estimate of drug-likeness (QED) is 0.755. The minimum atomic E-state index is -0.774. The van der Waals surface area contributed by atoms with E-state index in [-0.39, 0.29) is 11.4 Å². The van der Waals surface area contributed by atoms with Gasteiger partial charge in [-0.05, 0) is 26.3 Å². The first-order valence-corrected chi connectivity index (χ1v) is 8.14. The molecular formula is C14H24N2O2S.